The van der Waals surface area contributed by atoms with Gasteiger partial charge in [-0.05, 0) is 60.7 Å². The number of carbonyl (C=O) groups excluding carboxylic acids is 2. The summed E-state index contributed by atoms with van der Waals surface area (Å²) in [6, 6.07) is 16.3. The molecule has 7 nitrogen and oxygen atoms in total. The summed E-state index contributed by atoms with van der Waals surface area (Å²) in [4.78, 5) is 24.1. The smallest absolute Gasteiger partial charge is 0.261 e. The predicted octanol–water partition coefficient (Wildman–Crippen LogP) is 4.41. The topological polar surface area (TPSA) is 104 Å². The van der Waals surface area contributed by atoms with Crippen LogP contribution in [0.3, 0.4) is 0 Å². The van der Waals surface area contributed by atoms with Crippen LogP contribution >= 0.6 is 23.2 Å². The highest BCUT2D eigenvalue weighted by Gasteiger charge is 2.17. The van der Waals surface area contributed by atoms with E-state index in [1.54, 1.807) is 36.4 Å². The molecule has 0 aliphatic carbocycles. The molecule has 0 aliphatic heterocycles. The van der Waals surface area contributed by atoms with Gasteiger partial charge in [0.15, 0.2) is 0 Å². The van der Waals surface area contributed by atoms with E-state index in [1.807, 2.05) is 0 Å². The molecule has 3 N–H and O–H groups in total. The van der Waals surface area contributed by atoms with E-state index < -0.39 is 15.9 Å². The predicted molar refractivity (Wildman–Crippen MR) is 121 cm³/mol. The number of anilines is 2. The fourth-order valence-electron chi connectivity index (χ4n) is 2.63. The molecule has 0 atom stereocenters. The van der Waals surface area contributed by atoms with Crippen LogP contribution in [-0.2, 0) is 10.0 Å². The number of amides is 2. The minimum Gasteiger partial charge on any atom is -0.355 e. The zero-order chi connectivity index (χ0) is 22.6. The van der Waals surface area contributed by atoms with E-state index in [1.165, 1.54) is 37.4 Å². The van der Waals surface area contributed by atoms with E-state index >= 15 is 0 Å². The molecule has 0 heterocycles. The fraction of sp³-hybridized carbons (Fsp3) is 0.0476. The Labute approximate surface area is 189 Å². The summed E-state index contributed by atoms with van der Waals surface area (Å²) < 4.78 is 27.6. The highest BCUT2D eigenvalue weighted by Crippen LogP contribution is 2.26. The van der Waals surface area contributed by atoms with Crippen LogP contribution in [0.15, 0.2) is 71.6 Å². The Morgan fingerprint density at radius 3 is 2.13 bits per heavy atom. The third-order valence-electron chi connectivity index (χ3n) is 4.21. The number of hydrogen-bond acceptors (Lipinski definition) is 4. The number of halogens is 2. The van der Waals surface area contributed by atoms with Gasteiger partial charge in [-0.1, -0.05) is 29.3 Å². The number of carbonyl (C=O) groups is 2. The molecule has 10 heteroatoms. The van der Waals surface area contributed by atoms with Gasteiger partial charge >= 0.3 is 0 Å². The molecule has 0 fully saturated rings. The first kappa shape index (κ1) is 22.6. The standard InChI is InChI=1S/C21H17Cl2N3O4S/c1-24-20(27)13-5-7-15(8-6-13)25-21(28)14-3-2-4-16(11-14)26-31(29,30)17-9-10-18(22)19(23)12-17/h2-12,26H,1H3,(H,24,27)(H,25,28). The summed E-state index contributed by atoms with van der Waals surface area (Å²) in [5.74, 6) is -0.678. The Kier molecular flexibility index (Phi) is 6.84. The van der Waals surface area contributed by atoms with Gasteiger partial charge in [0.2, 0.25) is 0 Å². The molecule has 0 saturated carbocycles. The second-order valence-corrected chi connectivity index (χ2v) is 8.87. The molecule has 0 unspecified atom stereocenters. The fourth-order valence-corrected chi connectivity index (χ4v) is 4.07. The van der Waals surface area contributed by atoms with Crippen molar-refractivity contribution in [2.75, 3.05) is 17.1 Å². The maximum atomic E-state index is 12.6. The van der Waals surface area contributed by atoms with Crippen molar-refractivity contribution in [2.45, 2.75) is 4.90 Å². The SMILES string of the molecule is CNC(=O)c1ccc(NC(=O)c2cccc(NS(=O)(=O)c3ccc(Cl)c(Cl)c3)c2)cc1. The largest absolute Gasteiger partial charge is 0.355 e. The minimum absolute atomic E-state index is 0.0621. The lowest BCUT2D eigenvalue weighted by Gasteiger charge is -2.11. The number of rotatable bonds is 6. The van der Waals surface area contributed by atoms with E-state index in [0.717, 1.165) is 0 Å². The Balaban J connectivity index is 1.75. The first-order chi connectivity index (χ1) is 14.7. The lowest BCUT2D eigenvalue weighted by atomic mass is 10.1. The van der Waals surface area contributed by atoms with Crippen molar-refractivity contribution in [2.24, 2.45) is 0 Å². The van der Waals surface area contributed by atoms with Crippen molar-refractivity contribution in [1.29, 1.82) is 0 Å². The number of hydrogen-bond donors (Lipinski definition) is 3. The van der Waals surface area contributed by atoms with E-state index in [0.29, 0.717) is 11.3 Å². The highest BCUT2D eigenvalue weighted by molar-refractivity contribution is 7.92. The Hall–Kier alpha value is -3.07. The van der Waals surface area contributed by atoms with Crippen molar-refractivity contribution in [3.63, 3.8) is 0 Å². The van der Waals surface area contributed by atoms with Gasteiger partial charge in [-0.2, -0.15) is 0 Å². The molecule has 31 heavy (non-hydrogen) atoms. The van der Waals surface area contributed by atoms with E-state index in [2.05, 4.69) is 15.4 Å². The van der Waals surface area contributed by atoms with Gasteiger partial charge in [0.25, 0.3) is 21.8 Å². The Morgan fingerprint density at radius 2 is 1.48 bits per heavy atom. The molecule has 160 valence electrons. The molecular formula is C21H17Cl2N3O4S. The van der Waals surface area contributed by atoms with E-state index in [-0.39, 0.29) is 32.1 Å². The first-order valence-electron chi connectivity index (χ1n) is 8.91. The summed E-state index contributed by atoms with van der Waals surface area (Å²) in [7, 11) is -2.40. The average molecular weight is 478 g/mol. The van der Waals surface area contributed by atoms with Crippen molar-refractivity contribution in [3.8, 4) is 0 Å². The van der Waals surface area contributed by atoms with E-state index in [4.69, 9.17) is 23.2 Å². The summed E-state index contributed by atoms with van der Waals surface area (Å²) in [6.45, 7) is 0. The van der Waals surface area contributed by atoms with Gasteiger partial charge in [-0.3, -0.25) is 14.3 Å². The van der Waals surface area contributed by atoms with Crippen LogP contribution in [-0.4, -0.2) is 27.3 Å². The highest BCUT2D eigenvalue weighted by atomic mass is 35.5. The van der Waals surface area contributed by atoms with Gasteiger partial charge < -0.3 is 10.6 Å². The van der Waals surface area contributed by atoms with Crippen molar-refractivity contribution < 1.29 is 18.0 Å². The molecule has 0 aliphatic rings. The van der Waals surface area contributed by atoms with E-state index in [9.17, 15) is 18.0 Å². The zero-order valence-corrected chi connectivity index (χ0v) is 18.5. The maximum absolute atomic E-state index is 12.6. The average Bonchev–Trinajstić information content (AvgIpc) is 2.75. The van der Waals surface area contributed by atoms with Crippen LogP contribution in [0.1, 0.15) is 20.7 Å². The quantitative estimate of drug-likeness (QED) is 0.488. The van der Waals surface area contributed by atoms with Gasteiger partial charge in [0.1, 0.15) is 0 Å². The summed E-state index contributed by atoms with van der Waals surface area (Å²) in [6.07, 6.45) is 0. The van der Waals surface area contributed by atoms with Crippen LogP contribution in [0.25, 0.3) is 0 Å². The third-order valence-corrected chi connectivity index (χ3v) is 6.33. The molecule has 0 radical (unpaired) electrons. The van der Waals surface area contributed by atoms with Crippen molar-refractivity contribution >= 4 is 56.4 Å². The van der Waals surface area contributed by atoms with Gasteiger partial charge in [0, 0.05) is 29.5 Å². The molecule has 0 saturated heterocycles. The normalized spacial score (nSPS) is 10.9. The van der Waals surface area contributed by atoms with Gasteiger partial charge in [-0.15, -0.1) is 0 Å². The summed E-state index contributed by atoms with van der Waals surface area (Å²) in [5.41, 5.74) is 1.39. The van der Waals surface area contributed by atoms with Crippen LogP contribution in [0.4, 0.5) is 11.4 Å². The lowest BCUT2D eigenvalue weighted by molar-refractivity contribution is 0.0962. The second kappa shape index (κ2) is 9.38. The van der Waals surface area contributed by atoms with Crippen LogP contribution < -0.4 is 15.4 Å². The number of nitrogens with one attached hydrogen (secondary N) is 3. The Bertz CT molecular complexity index is 1250. The molecular weight excluding hydrogens is 461 g/mol. The molecule has 3 aromatic carbocycles. The molecule has 2 amide bonds. The maximum Gasteiger partial charge on any atom is 0.261 e. The Morgan fingerprint density at radius 1 is 0.774 bits per heavy atom. The van der Waals surface area contributed by atoms with Gasteiger partial charge in [0.05, 0.1) is 14.9 Å². The van der Waals surface area contributed by atoms with Crippen molar-refractivity contribution in [1.82, 2.24) is 5.32 Å². The van der Waals surface area contributed by atoms with Crippen molar-refractivity contribution in [3.05, 3.63) is 87.9 Å². The first-order valence-corrected chi connectivity index (χ1v) is 11.1. The van der Waals surface area contributed by atoms with Crippen LogP contribution in [0, 0.1) is 0 Å². The summed E-state index contributed by atoms with van der Waals surface area (Å²) in [5, 5.41) is 5.56. The van der Waals surface area contributed by atoms with Gasteiger partial charge in [-0.25, -0.2) is 8.42 Å². The number of sulfonamides is 1. The van der Waals surface area contributed by atoms with Crippen LogP contribution in [0.5, 0.6) is 0 Å². The van der Waals surface area contributed by atoms with Crippen LogP contribution in [0.2, 0.25) is 10.0 Å². The monoisotopic (exact) mass is 477 g/mol. The molecule has 3 rings (SSSR count). The number of benzene rings is 3. The lowest BCUT2D eigenvalue weighted by Crippen LogP contribution is -2.18. The molecule has 0 spiro atoms. The molecule has 0 bridgehead atoms. The zero-order valence-electron chi connectivity index (χ0n) is 16.1. The minimum atomic E-state index is -3.93. The molecule has 0 aromatic heterocycles. The summed E-state index contributed by atoms with van der Waals surface area (Å²) >= 11 is 11.7. The third kappa shape index (κ3) is 5.55. The second-order valence-electron chi connectivity index (χ2n) is 6.37. The molecule has 3 aromatic rings.